The minimum absolute atomic E-state index is 0.0646. The number of nitrogens with zero attached hydrogens (tertiary/aromatic N) is 1. The van der Waals surface area contributed by atoms with Gasteiger partial charge in [-0.05, 0) is 12.2 Å². The summed E-state index contributed by atoms with van der Waals surface area (Å²) in [4.78, 5) is 23.6. The molecule has 0 radical (unpaired) electrons. The van der Waals surface area contributed by atoms with Gasteiger partial charge in [-0.25, -0.2) is 9.59 Å². The molecule has 1 heterocycles. The number of aliphatic carboxylic acids is 2. The van der Waals surface area contributed by atoms with Gasteiger partial charge in [0.25, 0.3) is 0 Å². The monoisotopic (exact) mass is 202 g/mol. The van der Waals surface area contributed by atoms with Crippen LogP contribution in [0.25, 0.3) is 0 Å². The van der Waals surface area contributed by atoms with Crippen molar-refractivity contribution in [3.8, 4) is 0 Å². The number of aromatic amines is 1. The zero-order chi connectivity index (χ0) is 10.0. The lowest BCUT2D eigenvalue weighted by atomic mass is 10.3. The van der Waals surface area contributed by atoms with Crippen molar-refractivity contribution in [2.45, 2.75) is 6.04 Å². The average Bonchev–Trinajstić information content (AvgIpc) is 2.35. The molecule has 6 nitrogen and oxygen atoms in total. The summed E-state index contributed by atoms with van der Waals surface area (Å²) >= 11 is 4.68. The standard InChI is InChI=1S/C6H6N2O4S/c9-4(10)3(5(11)12)8-2-1-7-6(8)13/h1-3H,(H,7,13)(H,9,10)(H,11,12). The second-order valence-electron chi connectivity index (χ2n) is 2.25. The minimum atomic E-state index is -1.67. The van der Waals surface area contributed by atoms with Crippen molar-refractivity contribution in [1.82, 2.24) is 9.55 Å². The van der Waals surface area contributed by atoms with Crippen LogP contribution in [0.5, 0.6) is 0 Å². The van der Waals surface area contributed by atoms with E-state index in [1.54, 1.807) is 0 Å². The molecule has 13 heavy (non-hydrogen) atoms. The molecule has 0 aromatic carbocycles. The van der Waals surface area contributed by atoms with Gasteiger partial charge in [0, 0.05) is 12.4 Å². The lowest BCUT2D eigenvalue weighted by Crippen LogP contribution is -2.26. The van der Waals surface area contributed by atoms with E-state index in [2.05, 4.69) is 17.2 Å². The highest BCUT2D eigenvalue weighted by Crippen LogP contribution is 2.07. The normalized spacial score (nSPS) is 10.2. The summed E-state index contributed by atoms with van der Waals surface area (Å²) in [7, 11) is 0. The Balaban J connectivity index is 3.17. The molecule has 3 N–H and O–H groups in total. The number of nitrogens with one attached hydrogen (secondary N) is 1. The Hall–Kier alpha value is -1.63. The lowest BCUT2D eigenvalue weighted by molar-refractivity contribution is -0.153. The number of aromatic nitrogens is 2. The molecule has 0 aliphatic heterocycles. The molecule has 1 aromatic rings. The Morgan fingerprint density at radius 1 is 1.46 bits per heavy atom. The maximum absolute atomic E-state index is 10.5. The van der Waals surface area contributed by atoms with Crippen LogP contribution in [0, 0.1) is 4.77 Å². The van der Waals surface area contributed by atoms with E-state index in [0.29, 0.717) is 0 Å². The molecule has 0 spiro atoms. The van der Waals surface area contributed by atoms with Gasteiger partial charge in [0.05, 0.1) is 0 Å². The summed E-state index contributed by atoms with van der Waals surface area (Å²) in [5, 5.41) is 17.2. The number of hydrogen-bond acceptors (Lipinski definition) is 3. The topological polar surface area (TPSA) is 95.3 Å². The van der Waals surface area contributed by atoms with Crippen LogP contribution in [0.3, 0.4) is 0 Å². The van der Waals surface area contributed by atoms with E-state index in [-0.39, 0.29) is 4.77 Å². The van der Waals surface area contributed by atoms with E-state index in [1.807, 2.05) is 0 Å². The molecule has 1 aromatic heterocycles. The Morgan fingerprint density at radius 2 is 2.00 bits per heavy atom. The van der Waals surface area contributed by atoms with Crippen molar-refractivity contribution >= 4 is 24.2 Å². The molecule has 0 fully saturated rings. The van der Waals surface area contributed by atoms with Crippen LogP contribution in [-0.4, -0.2) is 31.7 Å². The number of H-pyrrole nitrogens is 1. The van der Waals surface area contributed by atoms with Gasteiger partial charge < -0.3 is 15.2 Å². The highest BCUT2D eigenvalue weighted by Gasteiger charge is 2.27. The third-order valence-electron chi connectivity index (χ3n) is 1.42. The maximum atomic E-state index is 10.5. The maximum Gasteiger partial charge on any atom is 0.338 e. The first-order chi connectivity index (χ1) is 6.04. The van der Waals surface area contributed by atoms with E-state index in [9.17, 15) is 9.59 Å². The van der Waals surface area contributed by atoms with E-state index in [4.69, 9.17) is 10.2 Å². The first-order valence-corrected chi connectivity index (χ1v) is 3.66. The zero-order valence-corrected chi connectivity index (χ0v) is 7.11. The molecule has 0 aliphatic carbocycles. The van der Waals surface area contributed by atoms with Gasteiger partial charge in [0.15, 0.2) is 4.77 Å². The van der Waals surface area contributed by atoms with Crippen LogP contribution in [-0.2, 0) is 9.59 Å². The van der Waals surface area contributed by atoms with Crippen molar-refractivity contribution in [3.63, 3.8) is 0 Å². The van der Waals surface area contributed by atoms with Crippen molar-refractivity contribution < 1.29 is 19.8 Å². The zero-order valence-electron chi connectivity index (χ0n) is 6.30. The second kappa shape index (κ2) is 3.40. The van der Waals surface area contributed by atoms with Crippen LogP contribution < -0.4 is 0 Å². The van der Waals surface area contributed by atoms with Gasteiger partial charge in [0.1, 0.15) is 0 Å². The summed E-state index contributed by atoms with van der Waals surface area (Å²) in [6.07, 6.45) is 2.65. The van der Waals surface area contributed by atoms with Gasteiger partial charge in [-0.3, -0.25) is 4.57 Å². The first-order valence-electron chi connectivity index (χ1n) is 3.25. The van der Waals surface area contributed by atoms with E-state index in [1.165, 1.54) is 12.4 Å². The Labute approximate surface area is 77.4 Å². The second-order valence-corrected chi connectivity index (χ2v) is 2.64. The fourth-order valence-electron chi connectivity index (χ4n) is 0.878. The summed E-state index contributed by atoms with van der Waals surface area (Å²) in [6, 6.07) is -1.67. The number of carboxylic acid groups (broad SMARTS) is 2. The van der Waals surface area contributed by atoms with Gasteiger partial charge in [-0.2, -0.15) is 0 Å². The predicted octanol–water partition coefficient (Wildman–Crippen LogP) is 0.256. The van der Waals surface area contributed by atoms with Crippen molar-refractivity contribution in [1.29, 1.82) is 0 Å². The predicted molar refractivity (Wildman–Crippen MR) is 43.9 cm³/mol. The van der Waals surface area contributed by atoms with Crippen LogP contribution in [0.1, 0.15) is 6.04 Å². The van der Waals surface area contributed by atoms with Crippen LogP contribution in [0.15, 0.2) is 12.4 Å². The van der Waals surface area contributed by atoms with Crippen LogP contribution >= 0.6 is 12.2 Å². The van der Waals surface area contributed by atoms with Crippen molar-refractivity contribution in [2.24, 2.45) is 0 Å². The number of imidazole rings is 1. The Kier molecular flexibility index (Phi) is 2.47. The Bertz CT molecular complexity index is 379. The fourth-order valence-corrected chi connectivity index (χ4v) is 1.11. The smallest absolute Gasteiger partial charge is 0.338 e. The molecule has 0 saturated carbocycles. The Morgan fingerprint density at radius 3 is 2.31 bits per heavy atom. The van der Waals surface area contributed by atoms with Crippen LogP contribution in [0.4, 0.5) is 0 Å². The highest BCUT2D eigenvalue weighted by molar-refractivity contribution is 7.71. The first kappa shape index (κ1) is 9.46. The number of rotatable bonds is 3. The molecule has 0 atom stereocenters. The molecule has 1 rings (SSSR count). The van der Waals surface area contributed by atoms with E-state index in [0.717, 1.165) is 4.57 Å². The summed E-state index contributed by atoms with van der Waals surface area (Å²) in [5.74, 6) is -2.91. The molecule has 0 amide bonds. The van der Waals surface area contributed by atoms with E-state index < -0.39 is 18.0 Å². The number of carboxylic acids is 2. The van der Waals surface area contributed by atoms with Gasteiger partial charge in [0.2, 0.25) is 6.04 Å². The fraction of sp³-hybridized carbons (Fsp3) is 0.167. The number of hydrogen-bond donors (Lipinski definition) is 3. The van der Waals surface area contributed by atoms with Crippen molar-refractivity contribution in [3.05, 3.63) is 17.2 Å². The molecule has 0 saturated heterocycles. The molecular weight excluding hydrogens is 196 g/mol. The molecule has 0 bridgehead atoms. The molecule has 70 valence electrons. The molecule has 7 heteroatoms. The number of carbonyl (C=O) groups is 2. The third kappa shape index (κ3) is 1.75. The molecule has 0 unspecified atom stereocenters. The van der Waals surface area contributed by atoms with Crippen LogP contribution in [0.2, 0.25) is 0 Å². The molecule has 0 aliphatic rings. The third-order valence-corrected chi connectivity index (χ3v) is 1.75. The highest BCUT2D eigenvalue weighted by atomic mass is 32.1. The van der Waals surface area contributed by atoms with E-state index >= 15 is 0 Å². The average molecular weight is 202 g/mol. The summed E-state index contributed by atoms with van der Waals surface area (Å²) in [6.45, 7) is 0. The van der Waals surface area contributed by atoms with Crippen molar-refractivity contribution in [2.75, 3.05) is 0 Å². The SMILES string of the molecule is O=C(O)C(C(=O)O)n1cc[nH]c1=S. The minimum Gasteiger partial charge on any atom is -0.479 e. The summed E-state index contributed by atoms with van der Waals surface area (Å²) < 4.78 is 1.02. The van der Waals surface area contributed by atoms with Gasteiger partial charge in [-0.15, -0.1) is 0 Å². The molecular formula is C6H6N2O4S. The van der Waals surface area contributed by atoms with Gasteiger partial charge in [-0.1, -0.05) is 0 Å². The van der Waals surface area contributed by atoms with Gasteiger partial charge >= 0.3 is 11.9 Å². The quantitative estimate of drug-likeness (QED) is 0.482. The summed E-state index contributed by atoms with van der Waals surface area (Å²) in [5.41, 5.74) is 0. The lowest BCUT2D eigenvalue weighted by Gasteiger charge is -2.07. The largest absolute Gasteiger partial charge is 0.479 e.